The fraction of sp³-hybridized carbons (Fsp3) is 0.391. The van der Waals surface area contributed by atoms with Crippen molar-refractivity contribution < 1.29 is 23.0 Å². The number of sulfonamides is 1. The Labute approximate surface area is 179 Å². The summed E-state index contributed by atoms with van der Waals surface area (Å²) in [5.41, 5.74) is 1.67. The molecule has 0 heterocycles. The highest BCUT2D eigenvalue weighted by molar-refractivity contribution is 7.89. The summed E-state index contributed by atoms with van der Waals surface area (Å²) >= 11 is 0. The number of aliphatic hydroxyl groups excluding tert-OH is 1. The van der Waals surface area contributed by atoms with Crippen molar-refractivity contribution in [3.8, 4) is 11.5 Å². The van der Waals surface area contributed by atoms with Gasteiger partial charge in [0.05, 0.1) is 20.3 Å². The molecule has 2 aromatic carbocycles. The second kappa shape index (κ2) is 11.2. The van der Waals surface area contributed by atoms with Gasteiger partial charge in [-0.25, -0.2) is 8.42 Å². The fourth-order valence-corrected chi connectivity index (χ4v) is 5.27. The Morgan fingerprint density at radius 3 is 1.73 bits per heavy atom. The van der Waals surface area contributed by atoms with E-state index in [1.165, 1.54) is 4.31 Å². The van der Waals surface area contributed by atoms with Gasteiger partial charge in [-0.1, -0.05) is 37.3 Å². The Bertz CT molecular complexity index is 845. The Morgan fingerprint density at radius 2 is 1.40 bits per heavy atom. The SMILES string of the molecule is C=CC[C@@H](O)[C@@H](CC)S(=O)(=O)N(Cc1ccc(OC)cc1)Cc1ccc(OC)cc1. The molecule has 0 aliphatic carbocycles. The first-order valence-electron chi connectivity index (χ1n) is 9.89. The molecule has 0 aliphatic rings. The number of rotatable bonds is 12. The lowest BCUT2D eigenvalue weighted by Gasteiger charge is -2.29. The first-order chi connectivity index (χ1) is 14.3. The molecule has 0 unspecified atom stereocenters. The van der Waals surface area contributed by atoms with E-state index in [2.05, 4.69) is 6.58 Å². The Kier molecular flexibility index (Phi) is 8.89. The van der Waals surface area contributed by atoms with Crippen LogP contribution in [0.25, 0.3) is 0 Å². The highest BCUT2D eigenvalue weighted by Gasteiger charge is 2.35. The van der Waals surface area contributed by atoms with Gasteiger partial charge in [-0.2, -0.15) is 4.31 Å². The maximum absolute atomic E-state index is 13.5. The number of aliphatic hydroxyl groups is 1. The Morgan fingerprint density at radius 1 is 0.967 bits per heavy atom. The molecule has 2 aromatic rings. The van der Waals surface area contributed by atoms with Gasteiger partial charge in [0, 0.05) is 13.1 Å². The molecule has 7 heteroatoms. The van der Waals surface area contributed by atoms with E-state index in [0.29, 0.717) is 17.9 Å². The molecule has 164 valence electrons. The minimum absolute atomic E-state index is 0.190. The van der Waals surface area contributed by atoms with Crippen molar-refractivity contribution in [2.24, 2.45) is 0 Å². The van der Waals surface area contributed by atoms with E-state index in [4.69, 9.17) is 9.47 Å². The second-order valence-corrected chi connectivity index (χ2v) is 9.20. The van der Waals surface area contributed by atoms with Crippen molar-refractivity contribution >= 4 is 10.0 Å². The first kappa shape index (κ1) is 23.9. The lowest BCUT2D eigenvalue weighted by Crippen LogP contribution is -2.43. The maximum Gasteiger partial charge on any atom is 0.220 e. The van der Waals surface area contributed by atoms with Crippen molar-refractivity contribution in [3.63, 3.8) is 0 Å². The van der Waals surface area contributed by atoms with E-state index in [1.807, 2.05) is 24.3 Å². The summed E-state index contributed by atoms with van der Waals surface area (Å²) < 4.78 is 38.8. The molecule has 0 spiro atoms. The van der Waals surface area contributed by atoms with Crippen LogP contribution in [0.2, 0.25) is 0 Å². The van der Waals surface area contributed by atoms with Crippen LogP contribution in [0.15, 0.2) is 61.2 Å². The second-order valence-electron chi connectivity index (χ2n) is 7.05. The van der Waals surface area contributed by atoms with E-state index in [9.17, 15) is 13.5 Å². The monoisotopic (exact) mass is 433 g/mol. The molecule has 30 heavy (non-hydrogen) atoms. The molecule has 0 fully saturated rings. The van der Waals surface area contributed by atoms with Gasteiger partial charge in [0.2, 0.25) is 10.0 Å². The van der Waals surface area contributed by atoms with Crippen LogP contribution in [0.3, 0.4) is 0 Å². The molecule has 0 radical (unpaired) electrons. The van der Waals surface area contributed by atoms with Crippen molar-refractivity contribution in [3.05, 3.63) is 72.3 Å². The van der Waals surface area contributed by atoms with Gasteiger partial charge in [0.1, 0.15) is 16.7 Å². The lowest BCUT2D eigenvalue weighted by molar-refractivity contribution is 0.165. The molecule has 0 saturated heterocycles. The quantitative estimate of drug-likeness (QED) is 0.516. The van der Waals surface area contributed by atoms with E-state index in [1.54, 1.807) is 51.5 Å². The predicted octanol–water partition coefficient (Wildman–Crippen LogP) is 3.75. The zero-order valence-electron chi connectivity index (χ0n) is 17.8. The Balaban J connectivity index is 2.37. The average molecular weight is 434 g/mol. The normalized spacial score (nSPS) is 13.6. The highest BCUT2D eigenvalue weighted by Crippen LogP contribution is 2.24. The highest BCUT2D eigenvalue weighted by atomic mass is 32.2. The van der Waals surface area contributed by atoms with Gasteiger partial charge in [-0.3, -0.25) is 0 Å². The standard InChI is InChI=1S/C23H31NO5S/c1-5-7-22(25)23(6-2)30(26,27)24(16-18-8-12-20(28-3)13-9-18)17-19-10-14-21(29-4)15-11-19/h5,8-15,22-23,25H,1,6-7,16-17H2,2-4H3/t22-,23-/m1/s1. The van der Waals surface area contributed by atoms with Gasteiger partial charge in [-0.05, 0) is 48.2 Å². The summed E-state index contributed by atoms with van der Waals surface area (Å²) in [5, 5.41) is 9.54. The third-order valence-electron chi connectivity index (χ3n) is 5.02. The maximum atomic E-state index is 13.5. The minimum Gasteiger partial charge on any atom is -0.497 e. The zero-order chi connectivity index (χ0) is 22.1. The van der Waals surface area contributed by atoms with Crippen LogP contribution in [0.4, 0.5) is 0 Å². The fourth-order valence-electron chi connectivity index (χ4n) is 3.30. The molecule has 0 bridgehead atoms. The Hall–Kier alpha value is -2.35. The number of benzene rings is 2. The summed E-state index contributed by atoms with van der Waals surface area (Å²) in [6.07, 6.45) is 1.06. The largest absolute Gasteiger partial charge is 0.497 e. The molecule has 2 atom stereocenters. The van der Waals surface area contributed by atoms with Crippen LogP contribution < -0.4 is 9.47 Å². The van der Waals surface area contributed by atoms with Crippen molar-refractivity contribution in [1.29, 1.82) is 0 Å². The van der Waals surface area contributed by atoms with E-state index in [-0.39, 0.29) is 19.5 Å². The number of hydrogen-bond acceptors (Lipinski definition) is 5. The lowest BCUT2D eigenvalue weighted by atomic mass is 10.1. The molecule has 6 nitrogen and oxygen atoms in total. The van der Waals surface area contributed by atoms with E-state index >= 15 is 0 Å². The van der Waals surface area contributed by atoms with Crippen molar-refractivity contribution in [2.75, 3.05) is 14.2 Å². The van der Waals surface area contributed by atoms with Crippen molar-refractivity contribution in [2.45, 2.75) is 44.2 Å². The van der Waals surface area contributed by atoms with Crippen LogP contribution in [0.5, 0.6) is 11.5 Å². The molecular weight excluding hydrogens is 402 g/mol. The summed E-state index contributed by atoms with van der Waals surface area (Å²) in [7, 11) is -0.618. The van der Waals surface area contributed by atoms with Gasteiger partial charge in [-0.15, -0.1) is 6.58 Å². The number of nitrogens with zero attached hydrogens (tertiary/aromatic N) is 1. The van der Waals surface area contributed by atoms with Crippen LogP contribution in [-0.4, -0.2) is 43.4 Å². The van der Waals surface area contributed by atoms with Gasteiger partial charge < -0.3 is 14.6 Å². The first-order valence-corrected chi connectivity index (χ1v) is 11.4. The van der Waals surface area contributed by atoms with E-state index < -0.39 is 21.4 Å². The van der Waals surface area contributed by atoms with Gasteiger partial charge in [0.15, 0.2) is 0 Å². The topological polar surface area (TPSA) is 76.1 Å². The van der Waals surface area contributed by atoms with Crippen LogP contribution >= 0.6 is 0 Å². The van der Waals surface area contributed by atoms with Gasteiger partial charge in [0.25, 0.3) is 0 Å². The van der Waals surface area contributed by atoms with Crippen molar-refractivity contribution in [1.82, 2.24) is 4.31 Å². The average Bonchev–Trinajstić information content (AvgIpc) is 2.74. The predicted molar refractivity (Wildman–Crippen MR) is 119 cm³/mol. The summed E-state index contributed by atoms with van der Waals surface area (Å²) in [5.74, 6) is 1.41. The van der Waals surface area contributed by atoms with Crippen LogP contribution in [0.1, 0.15) is 30.9 Å². The summed E-state index contributed by atoms with van der Waals surface area (Å²) in [4.78, 5) is 0. The number of hydrogen-bond donors (Lipinski definition) is 1. The smallest absolute Gasteiger partial charge is 0.220 e. The molecular formula is C23H31NO5S. The van der Waals surface area contributed by atoms with E-state index in [0.717, 1.165) is 11.1 Å². The molecule has 2 rings (SSSR count). The zero-order valence-corrected chi connectivity index (χ0v) is 18.6. The summed E-state index contributed by atoms with van der Waals surface area (Å²) in [6.45, 7) is 5.77. The third-order valence-corrected chi connectivity index (χ3v) is 7.41. The summed E-state index contributed by atoms with van der Waals surface area (Å²) in [6, 6.07) is 14.6. The number of methoxy groups -OCH3 is 2. The van der Waals surface area contributed by atoms with Crippen LogP contribution in [0, 0.1) is 0 Å². The third kappa shape index (κ3) is 6.08. The number of ether oxygens (including phenoxy) is 2. The van der Waals surface area contributed by atoms with Crippen LogP contribution in [-0.2, 0) is 23.1 Å². The molecule has 0 amide bonds. The van der Waals surface area contributed by atoms with Gasteiger partial charge >= 0.3 is 0 Å². The molecule has 0 aliphatic heterocycles. The molecule has 0 aromatic heterocycles. The minimum atomic E-state index is -3.79. The molecule has 0 saturated carbocycles. The molecule has 1 N–H and O–H groups in total.